The molecule has 2 aromatic rings. The molecule has 3 rings (SSSR count). The first-order valence-corrected chi connectivity index (χ1v) is 7.90. The number of hydrogen-bond donors (Lipinski definition) is 1. The maximum absolute atomic E-state index is 10.9. The molecule has 24 heavy (non-hydrogen) atoms. The summed E-state index contributed by atoms with van der Waals surface area (Å²) in [6.45, 7) is 1.79. The van der Waals surface area contributed by atoms with E-state index in [1.807, 2.05) is 0 Å². The van der Waals surface area contributed by atoms with Crippen LogP contribution in [0.25, 0.3) is 0 Å². The lowest BCUT2D eigenvalue weighted by atomic mass is 10.0. The molecule has 9 heteroatoms. The normalized spacial score (nSPS) is 18.8. The van der Waals surface area contributed by atoms with E-state index in [4.69, 9.17) is 18.8 Å². The highest BCUT2D eigenvalue weighted by molar-refractivity contribution is 5.84. The predicted molar refractivity (Wildman–Crippen MR) is 80.3 cm³/mol. The third-order valence-corrected chi connectivity index (χ3v) is 4.02. The lowest BCUT2D eigenvalue weighted by Crippen LogP contribution is -2.33. The monoisotopic (exact) mass is 336 g/mol. The smallest absolute Gasteiger partial charge is 0.357 e. The number of aromatic carboxylic acids is 1. The Balaban J connectivity index is 1.70. The summed E-state index contributed by atoms with van der Waals surface area (Å²) in [5, 5.41) is 12.9. The Labute approximate surface area is 138 Å². The van der Waals surface area contributed by atoms with Crippen LogP contribution in [-0.4, -0.2) is 51.4 Å². The van der Waals surface area contributed by atoms with Crippen LogP contribution < -0.4 is 0 Å². The molecule has 0 amide bonds. The first-order chi connectivity index (χ1) is 11.7. The number of rotatable bonds is 7. The second-order valence-corrected chi connectivity index (χ2v) is 5.71. The number of aromatic nitrogens is 3. The van der Waals surface area contributed by atoms with Gasteiger partial charge < -0.3 is 18.8 Å². The molecule has 1 atom stereocenters. The summed E-state index contributed by atoms with van der Waals surface area (Å²) in [6.07, 6.45) is 4.79. The highest BCUT2D eigenvalue weighted by Gasteiger charge is 2.30. The highest BCUT2D eigenvalue weighted by atomic mass is 16.5. The fourth-order valence-electron chi connectivity index (χ4n) is 2.81. The third-order valence-electron chi connectivity index (χ3n) is 4.02. The number of piperidine rings is 1. The Kier molecular flexibility index (Phi) is 5.21. The van der Waals surface area contributed by atoms with Crippen LogP contribution in [0.1, 0.15) is 53.4 Å². The summed E-state index contributed by atoms with van der Waals surface area (Å²) in [5.41, 5.74) is -0.0850. The number of carboxylic acids is 1. The zero-order chi connectivity index (χ0) is 16.9. The largest absolute Gasteiger partial charge is 0.476 e. The van der Waals surface area contributed by atoms with E-state index in [0.29, 0.717) is 37.2 Å². The van der Waals surface area contributed by atoms with E-state index in [2.05, 4.69) is 20.0 Å². The molecule has 1 aliphatic rings. The van der Waals surface area contributed by atoms with Crippen molar-refractivity contribution in [3.05, 3.63) is 29.6 Å². The first-order valence-electron chi connectivity index (χ1n) is 7.90. The van der Waals surface area contributed by atoms with Gasteiger partial charge in [0, 0.05) is 13.5 Å². The Bertz CT molecular complexity index is 683. The molecule has 0 radical (unpaired) electrons. The molecule has 9 nitrogen and oxygen atoms in total. The fraction of sp³-hybridized carbons (Fsp3) is 0.600. The summed E-state index contributed by atoms with van der Waals surface area (Å²) in [7, 11) is 1.63. The molecule has 0 aromatic carbocycles. The standard InChI is InChI=1S/C15H20N4O5/c1-22-7-5-12-17-14(24-18-12)11-4-2-3-6-19(11)8-13-16-10(9-23-13)15(20)21/h9,11H,2-8H2,1H3,(H,20,21). The number of carbonyl (C=O) groups is 1. The third kappa shape index (κ3) is 3.80. The van der Waals surface area contributed by atoms with Gasteiger partial charge >= 0.3 is 5.97 Å². The lowest BCUT2D eigenvalue weighted by Gasteiger charge is -2.32. The molecule has 130 valence electrons. The van der Waals surface area contributed by atoms with Crippen LogP contribution in [0.5, 0.6) is 0 Å². The van der Waals surface area contributed by atoms with Gasteiger partial charge in [0.1, 0.15) is 6.26 Å². The van der Waals surface area contributed by atoms with E-state index in [1.54, 1.807) is 7.11 Å². The highest BCUT2D eigenvalue weighted by Crippen LogP contribution is 2.31. The summed E-state index contributed by atoms with van der Waals surface area (Å²) >= 11 is 0. The summed E-state index contributed by atoms with van der Waals surface area (Å²) in [5.74, 6) is 0.478. The summed E-state index contributed by atoms with van der Waals surface area (Å²) in [4.78, 5) is 21.5. The van der Waals surface area contributed by atoms with Crippen LogP contribution in [-0.2, 0) is 17.7 Å². The summed E-state index contributed by atoms with van der Waals surface area (Å²) < 4.78 is 15.7. The summed E-state index contributed by atoms with van der Waals surface area (Å²) in [6, 6.07) is -0.0114. The van der Waals surface area contributed by atoms with Crippen molar-refractivity contribution < 1.29 is 23.6 Å². The Hall–Kier alpha value is -2.26. The number of methoxy groups -OCH3 is 1. The van der Waals surface area contributed by atoms with Crippen molar-refractivity contribution in [3.63, 3.8) is 0 Å². The van der Waals surface area contributed by atoms with Gasteiger partial charge in [0.05, 0.1) is 19.2 Å². The molecule has 1 aliphatic heterocycles. The Morgan fingerprint density at radius 2 is 2.33 bits per heavy atom. The van der Waals surface area contributed by atoms with Gasteiger partial charge in [-0.2, -0.15) is 4.98 Å². The molecule has 0 bridgehead atoms. The number of ether oxygens (including phenoxy) is 1. The van der Waals surface area contributed by atoms with Crippen molar-refractivity contribution in [3.8, 4) is 0 Å². The molecule has 0 saturated carbocycles. The van der Waals surface area contributed by atoms with Gasteiger partial charge in [0.2, 0.25) is 11.8 Å². The minimum atomic E-state index is -1.10. The van der Waals surface area contributed by atoms with E-state index in [-0.39, 0.29) is 11.7 Å². The number of hydrogen-bond acceptors (Lipinski definition) is 8. The quantitative estimate of drug-likeness (QED) is 0.806. The maximum atomic E-state index is 10.9. The number of carboxylic acid groups (broad SMARTS) is 1. The minimum Gasteiger partial charge on any atom is -0.476 e. The molecular formula is C15H20N4O5. The SMILES string of the molecule is COCCc1noc(C2CCCCN2Cc2nc(C(=O)O)co2)n1. The molecule has 0 aliphatic carbocycles. The number of nitrogens with zero attached hydrogens (tertiary/aromatic N) is 4. The van der Waals surface area contributed by atoms with Crippen LogP contribution in [0.15, 0.2) is 15.2 Å². The minimum absolute atomic E-state index is 0.0114. The Morgan fingerprint density at radius 3 is 3.08 bits per heavy atom. The second kappa shape index (κ2) is 7.54. The van der Waals surface area contributed by atoms with Crippen molar-refractivity contribution in [2.45, 2.75) is 38.3 Å². The van der Waals surface area contributed by atoms with Crippen LogP contribution >= 0.6 is 0 Å². The second-order valence-electron chi connectivity index (χ2n) is 5.71. The van der Waals surface area contributed by atoms with Crippen LogP contribution in [0, 0.1) is 0 Å². The molecular weight excluding hydrogens is 316 g/mol. The van der Waals surface area contributed by atoms with Crippen molar-refractivity contribution in [2.75, 3.05) is 20.3 Å². The maximum Gasteiger partial charge on any atom is 0.357 e. The van der Waals surface area contributed by atoms with Crippen LogP contribution in [0.2, 0.25) is 0 Å². The average molecular weight is 336 g/mol. The van der Waals surface area contributed by atoms with Crippen molar-refractivity contribution >= 4 is 5.97 Å². The molecule has 1 saturated heterocycles. The van der Waals surface area contributed by atoms with E-state index in [0.717, 1.165) is 32.1 Å². The van der Waals surface area contributed by atoms with E-state index >= 15 is 0 Å². The lowest BCUT2D eigenvalue weighted by molar-refractivity contribution is 0.0690. The fourth-order valence-corrected chi connectivity index (χ4v) is 2.81. The molecule has 3 heterocycles. The van der Waals surface area contributed by atoms with Crippen molar-refractivity contribution in [1.29, 1.82) is 0 Å². The zero-order valence-electron chi connectivity index (χ0n) is 13.5. The van der Waals surface area contributed by atoms with Gasteiger partial charge in [0.25, 0.3) is 0 Å². The Morgan fingerprint density at radius 1 is 1.46 bits per heavy atom. The van der Waals surface area contributed by atoms with E-state index < -0.39 is 5.97 Å². The molecule has 2 aromatic heterocycles. The van der Waals surface area contributed by atoms with Crippen LogP contribution in [0.3, 0.4) is 0 Å². The number of likely N-dealkylation sites (tertiary alicyclic amines) is 1. The van der Waals surface area contributed by atoms with Crippen LogP contribution in [0.4, 0.5) is 0 Å². The van der Waals surface area contributed by atoms with Gasteiger partial charge in [-0.05, 0) is 19.4 Å². The first kappa shape index (κ1) is 16.6. The number of oxazole rings is 1. The van der Waals surface area contributed by atoms with Gasteiger partial charge in [0.15, 0.2) is 11.5 Å². The van der Waals surface area contributed by atoms with Gasteiger partial charge in [-0.25, -0.2) is 9.78 Å². The zero-order valence-corrected chi connectivity index (χ0v) is 13.5. The van der Waals surface area contributed by atoms with E-state index in [1.165, 1.54) is 0 Å². The van der Waals surface area contributed by atoms with E-state index in [9.17, 15) is 4.79 Å². The average Bonchev–Trinajstić information content (AvgIpc) is 3.23. The molecule has 1 unspecified atom stereocenters. The predicted octanol–water partition coefficient (Wildman–Crippen LogP) is 1.67. The van der Waals surface area contributed by atoms with Gasteiger partial charge in [-0.1, -0.05) is 11.6 Å². The molecule has 1 fully saturated rings. The van der Waals surface area contributed by atoms with Gasteiger partial charge in [-0.3, -0.25) is 4.90 Å². The topological polar surface area (TPSA) is 115 Å². The van der Waals surface area contributed by atoms with Crippen molar-refractivity contribution in [2.24, 2.45) is 0 Å². The molecule has 0 spiro atoms. The van der Waals surface area contributed by atoms with Gasteiger partial charge in [-0.15, -0.1) is 0 Å². The molecule has 1 N–H and O–H groups in total. The van der Waals surface area contributed by atoms with Crippen molar-refractivity contribution in [1.82, 2.24) is 20.0 Å².